The molecule has 5 heteroatoms. The molecule has 0 saturated carbocycles. The first kappa shape index (κ1) is 12.6. The van der Waals surface area contributed by atoms with Crippen LogP contribution in [0.15, 0.2) is 36.4 Å². The lowest BCUT2D eigenvalue weighted by atomic mass is 10.2. The molecule has 18 heavy (non-hydrogen) atoms. The summed E-state index contributed by atoms with van der Waals surface area (Å²) in [5, 5.41) is -0.0901. The summed E-state index contributed by atoms with van der Waals surface area (Å²) in [4.78, 5) is 0. The number of hydrogen-bond acceptors (Lipinski definition) is 2. The highest BCUT2D eigenvalue weighted by atomic mass is 35.5. The summed E-state index contributed by atoms with van der Waals surface area (Å²) in [6.45, 7) is -0.00116. The monoisotopic (exact) mass is 269 g/mol. The Morgan fingerprint density at radius 3 is 2.56 bits per heavy atom. The molecule has 0 atom stereocenters. The SMILES string of the molecule is Nc1cc(F)c(Cl)cc1OCc1ccccc1F. The van der Waals surface area contributed by atoms with Gasteiger partial charge in [0.15, 0.2) is 0 Å². The fourth-order valence-corrected chi connectivity index (χ4v) is 1.59. The largest absolute Gasteiger partial charge is 0.487 e. The summed E-state index contributed by atoms with van der Waals surface area (Å²) in [5.74, 6) is -0.763. The molecule has 0 aliphatic carbocycles. The van der Waals surface area contributed by atoms with E-state index in [1.807, 2.05) is 0 Å². The minimum Gasteiger partial charge on any atom is -0.487 e. The summed E-state index contributed by atoms with van der Waals surface area (Å²) in [7, 11) is 0. The zero-order valence-electron chi connectivity index (χ0n) is 9.29. The van der Waals surface area contributed by atoms with Crippen molar-refractivity contribution in [2.45, 2.75) is 6.61 Å². The number of ether oxygens (including phenoxy) is 1. The normalized spacial score (nSPS) is 10.4. The Balaban J connectivity index is 2.16. The molecule has 2 rings (SSSR count). The number of nitrogen functional groups attached to an aromatic ring is 1. The molecule has 2 N–H and O–H groups in total. The zero-order chi connectivity index (χ0) is 13.1. The summed E-state index contributed by atoms with van der Waals surface area (Å²) in [6.07, 6.45) is 0. The Morgan fingerprint density at radius 2 is 1.83 bits per heavy atom. The lowest BCUT2D eigenvalue weighted by Crippen LogP contribution is -2.01. The number of hydrogen-bond donors (Lipinski definition) is 1. The van der Waals surface area contributed by atoms with Gasteiger partial charge in [0.1, 0.15) is 24.0 Å². The maximum atomic E-state index is 13.3. The number of anilines is 1. The predicted molar refractivity (Wildman–Crippen MR) is 66.6 cm³/mol. The molecule has 0 aromatic heterocycles. The highest BCUT2D eigenvalue weighted by molar-refractivity contribution is 6.31. The second-order valence-electron chi connectivity index (χ2n) is 3.68. The average Bonchev–Trinajstić information content (AvgIpc) is 2.34. The van der Waals surface area contributed by atoms with E-state index in [2.05, 4.69) is 0 Å². The topological polar surface area (TPSA) is 35.2 Å². The van der Waals surface area contributed by atoms with Crippen molar-refractivity contribution in [2.75, 3.05) is 5.73 Å². The van der Waals surface area contributed by atoms with E-state index in [0.717, 1.165) is 6.07 Å². The van der Waals surface area contributed by atoms with Crippen molar-refractivity contribution in [2.24, 2.45) is 0 Å². The third kappa shape index (κ3) is 2.71. The van der Waals surface area contributed by atoms with Crippen LogP contribution in [0.3, 0.4) is 0 Å². The van der Waals surface area contributed by atoms with Crippen molar-refractivity contribution >= 4 is 17.3 Å². The molecule has 0 aliphatic heterocycles. The molecule has 0 aliphatic rings. The van der Waals surface area contributed by atoms with Crippen molar-refractivity contribution in [3.05, 3.63) is 58.6 Å². The maximum absolute atomic E-state index is 13.3. The molecule has 2 nitrogen and oxygen atoms in total. The standard InChI is InChI=1S/C13H10ClF2NO/c14-9-5-13(12(17)6-11(9)16)18-7-8-3-1-2-4-10(8)15/h1-6H,7,17H2. The van der Waals surface area contributed by atoms with Crippen molar-refractivity contribution in [1.29, 1.82) is 0 Å². The highest BCUT2D eigenvalue weighted by Crippen LogP contribution is 2.29. The molecule has 0 bridgehead atoms. The fraction of sp³-hybridized carbons (Fsp3) is 0.0769. The molecule has 0 saturated heterocycles. The van der Waals surface area contributed by atoms with E-state index in [1.165, 1.54) is 12.1 Å². The summed E-state index contributed by atoms with van der Waals surface area (Å²) in [5.41, 5.74) is 6.08. The van der Waals surface area contributed by atoms with Gasteiger partial charge in [0.25, 0.3) is 0 Å². The first-order chi connectivity index (χ1) is 8.58. The number of benzene rings is 2. The van der Waals surface area contributed by atoms with Crippen LogP contribution >= 0.6 is 11.6 Å². The van der Waals surface area contributed by atoms with Crippen molar-refractivity contribution in [3.63, 3.8) is 0 Å². The van der Waals surface area contributed by atoms with Crippen molar-refractivity contribution in [3.8, 4) is 5.75 Å². The van der Waals surface area contributed by atoms with Crippen LogP contribution in [0.2, 0.25) is 5.02 Å². The van der Waals surface area contributed by atoms with E-state index >= 15 is 0 Å². The minimum absolute atomic E-state index is 0.00116. The second-order valence-corrected chi connectivity index (χ2v) is 4.09. The quantitative estimate of drug-likeness (QED) is 0.861. The molecular formula is C13H10ClF2NO. The molecule has 0 unspecified atom stereocenters. The van der Waals surface area contributed by atoms with E-state index in [9.17, 15) is 8.78 Å². The van der Waals surface area contributed by atoms with Gasteiger partial charge in [-0.2, -0.15) is 0 Å². The first-order valence-corrected chi connectivity index (χ1v) is 5.56. The lowest BCUT2D eigenvalue weighted by Gasteiger charge is -2.10. The molecular weight excluding hydrogens is 260 g/mol. The van der Waals surface area contributed by atoms with Gasteiger partial charge in [-0.3, -0.25) is 0 Å². The van der Waals surface area contributed by atoms with Gasteiger partial charge >= 0.3 is 0 Å². The highest BCUT2D eigenvalue weighted by Gasteiger charge is 2.08. The van der Waals surface area contributed by atoms with Gasteiger partial charge in [0, 0.05) is 17.7 Å². The van der Waals surface area contributed by atoms with Gasteiger partial charge in [0.2, 0.25) is 0 Å². The van der Waals surface area contributed by atoms with E-state index in [4.69, 9.17) is 22.1 Å². The molecule has 0 fully saturated rings. The van der Waals surface area contributed by atoms with Gasteiger partial charge < -0.3 is 10.5 Å². The molecule has 0 heterocycles. The second kappa shape index (κ2) is 5.23. The van der Waals surface area contributed by atoms with E-state index in [0.29, 0.717) is 5.56 Å². The summed E-state index contributed by atoms with van der Waals surface area (Å²) in [6, 6.07) is 8.55. The van der Waals surface area contributed by atoms with Gasteiger partial charge in [0.05, 0.1) is 10.7 Å². The lowest BCUT2D eigenvalue weighted by molar-refractivity contribution is 0.301. The van der Waals surface area contributed by atoms with Gasteiger partial charge in [-0.05, 0) is 6.07 Å². The Kier molecular flexibility index (Phi) is 3.67. The molecule has 2 aromatic carbocycles. The molecule has 0 amide bonds. The Hall–Kier alpha value is -1.81. The van der Waals surface area contributed by atoms with Crippen LogP contribution in [0.4, 0.5) is 14.5 Å². The smallest absolute Gasteiger partial charge is 0.144 e. The molecule has 0 spiro atoms. The van der Waals surface area contributed by atoms with Crippen LogP contribution in [0.1, 0.15) is 5.56 Å². The summed E-state index contributed by atoms with van der Waals surface area (Å²) < 4.78 is 31.7. The minimum atomic E-state index is -0.618. The summed E-state index contributed by atoms with van der Waals surface area (Å²) >= 11 is 5.61. The van der Waals surface area contributed by atoms with Crippen LogP contribution in [-0.2, 0) is 6.61 Å². The van der Waals surface area contributed by atoms with E-state index < -0.39 is 5.82 Å². The zero-order valence-corrected chi connectivity index (χ0v) is 10.0. The number of nitrogens with two attached hydrogens (primary N) is 1. The number of halogens is 3. The van der Waals surface area contributed by atoms with Crippen LogP contribution in [0.5, 0.6) is 5.75 Å². The van der Waals surface area contributed by atoms with Gasteiger partial charge in [-0.1, -0.05) is 29.8 Å². The Morgan fingerprint density at radius 1 is 1.11 bits per heavy atom. The van der Waals surface area contributed by atoms with Gasteiger partial charge in [-0.15, -0.1) is 0 Å². The molecule has 0 radical (unpaired) electrons. The molecule has 2 aromatic rings. The maximum Gasteiger partial charge on any atom is 0.144 e. The van der Waals surface area contributed by atoms with Crippen molar-refractivity contribution in [1.82, 2.24) is 0 Å². The Bertz CT molecular complexity index is 575. The first-order valence-electron chi connectivity index (χ1n) is 5.18. The van der Waals surface area contributed by atoms with Crippen LogP contribution in [0.25, 0.3) is 0 Å². The van der Waals surface area contributed by atoms with Crippen LogP contribution < -0.4 is 10.5 Å². The van der Waals surface area contributed by atoms with E-state index in [1.54, 1.807) is 18.2 Å². The average molecular weight is 270 g/mol. The molecule has 94 valence electrons. The van der Waals surface area contributed by atoms with Gasteiger partial charge in [-0.25, -0.2) is 8.78 Å². The Labute approximate surface area is 108 Å². The third-order valence-corrected chi connectivity index (χ3v) is 2.68. The van der Waals surface area contributed by atoms with Crippen LogP contribution in [0, 0.1) is 11.6 Å². The fourth-order valence-electron chi connectivity index (χ4n) is 1.44. The van der Waals surface area contributed by atoms with Crippen molar-refractivity contribution < 1.29 is 13.5 Å². The van der Waals surface area contributed by atoms with Crippen LogP contribution in [-0.4, -0.2) is 0 Å². The number of rotatable bonds is 3. The third-order valence-electron chi connectivity index (χ3n) is 2.39. The predicted octanol–water partition coefficient (Wildman–Crippen LogP) is 3.78. The van der Waals surface area contributed by atoms with E-state index in [-0.39, 0.29) is 28.9 Å².